The van der Waals surface area contributed by atoms with Crippen LogP contribution in [0.2, 0.25) is 0 Å². The van der Waals surface area contributed by atoms with E-state index in [1.54, 1.807) is 0 Å². The van der Waals surface area contributed by atoms with Crippen LogP contribution < -0.4 is 0 Å². The summed E-state index contributed by atoms with van der Waals surface area (Å²) in [5, 5.41) is 10.9. The maximum atomic E-state index is 10.9. The maximum absolute atomic E-state index is 10.9. The predicted molar refractivity (Wildman–Crippen MR) is 75.8 cm³/mol. The molecule has 0 aromatic heterocycles. The molecule has 1 aliphatic rings. The molecule has 3 nitrogen and oxygen atoms in total. The summed E-state index contributed by atoms with van der Waals surface area (Å²) in [6.45, 7) is 12.5. The first-order chi connectivity index (χ1) is 8.66. The molecule has 0 amide bonds. The molecule has 3 heteroatoms. The summed E-state index contributed by atoms with van der Waals surface area (Å²) in [5.41, 5.74) is -0.0501. The topological polar surface area (TPSA) is 32.7 Å². The predicted octanol–water partition coefficient (Wildman–Crippen LogP) is 2.67. The van der Waals surface area contributed by atoms with E-state index in [-0.39, 0.29) is 11.6 Å². The minimum Gasteiger partial charge on any atom is -0.391 e. The molecule has 108 valence electrons. The van der Waals surface area contributed by atoms with Gasteiger partial charge in [0.05, 0.1) is 6.10 Å². The van der Waals surface area contributed by atoms with Crippen LogP contribution in [0.15, 0.2) is 0 Å². The van der Waals surface area contributed by atoms with Crippen LogP contribution in [0.25, 0.3) is 0 Å². The highest BCUT2D eigenvalue weighted by molar-refractivity contribution is 4.97. The molecule has 0 aromatic carbocycles. The lowest BCUT2D eigenvalue weighted by molar-refractivity contribution is -0.0875. The van der Waals surface area contributed by atoms with E-state index in [1.807, 2.05) is 0 Å². The van der Waals surface area contributed by atoms with Crippen molar-refractivity contribution in [3.8, 4) is 0 Å². The molecule has 1 heterocycles. The van der Waals surface area contributed by atoms with Crippen LogP contribution in [-0.4, -0.2) is 48.0 Å². The first-order valence-electron chi connectivity index (χ1n) is 7.67. The van der Waals surface area contributed by atoms with Gasteiger partial charge in [0.1, 0.15) is 0 Å². The van der Waals surface area contributed by atoms with Crippen LogP contribution in [0.4, 0.5) is 0 Å². The minimum absolute atomic E-state index is 0.0501. The SMILES string of the molecule is CCN(CC)C(CC)(CC)C(O)C1CCOCC1. The number of aliphatic hydroxyl groups excluding tert-OH is 1. The average molecular weight is 257 g/mol. The molecule has 0 radical (unpaired) electrons. The Morgan fingerprint density at radius 3 is 2.00 bits per heavy atom. The Morgan fingerprint density at radius 2 is 1.61 bits per heavy atom. The lowest BCUT2D eigenvalue weighted by Gasteiger charge is -2.48. The second-order valence-corrected chi connectivity index (χ2v) is 5.38. The third-order valence-corrected chi connectivity index (χ3v) is 4.88. The largest absolute Gasteiger partial charge is 0.391 e. The molecule has 0 aliphatic carbocycles. The van der Waals surface area contributed by atoms with Gasteiger partial charge in [-0.05, 0) is 44.7 Å². The van der Waals surface area contributed by atoms with Crippen LogP contribution in [0.5, 0.6) is 0 Å². The Hall–Kier alpha value is -0.120. The Bertz CT molecular complexity index is 219. The smallest absolute Gasteiger partial charge is 0.0753 e. The summed E-state index contributed by atoms with van der Waals surface area (Å²) in [5.74, 6) is 0.402. The molecule has 0 saturated carbocycles. The molecule has 1 unspecified atom stereocenters. The fourth-order valence-corrected chi connectivity index (χ4v) is 3.63. The maximum Gasteiger partial charge on any atom is 0.0753 e. The first kappa shape index (κ1) is 15.9. The van der Waals surface area contributed by atoms with Gasteiger partial charge >= 0.3 is 0 Å². The van der Waals surface area contributed by atoms with Gasteiger partial charge in [0.15, 0.2) is 0 Å². The van der Waals surface area contributed by atoms with Crippen LogP contribution in [0.3, 0.4) is 0 Å². The van der Waals surface area contributed by atoms with Gasteiger partial charge in [-0.2, -0.15) is 0 Å². The Kier molecular flexibility index (Phi) is 6.61. The van der Waals surface area contributed by atoms with Crippen LogP contribution in [0, 0.1) is 5.92 Å². The molecule has 0 spiro atoms. The number of rotatable bonds is 7. The molecule has 1 saturated heterocycles. The van der Waals surface area contributed by atoms with Gasteiger partial charge in [0.2, 0.25) is 0 Å². The van der Waals surface area contributed by atoms with Crippen molar-refractivity contribution < 1.29 is 9.84 Å². The summed E-state index contributed by atoms with van der Waals surface area (Å²) in [4.78, 5) is 2.45. The van der Waals surface area contributed by atoms with Crippen molar-refractivity contribution in [3.63, 3.8) is 0 Å². The highest BCUT2D eigenvalue weighted by Gasteiger charge is 2.42. The van der Waals surface area contributed by atoms with Crippen molar-refractivity contribution in [1.82, 2.24) is 4.90 Å². The van der Waals surface area contributed by atoms with Gasteiger partial charge in [-0.1, -0.05) is 27.7 Å². The normalized spacial score (nSPS) is 20.3. The van der Waals surface area contributed by atoms with E-state index in [9.17, 15) is 5.11 Å². The second kappa shape index (κ2) is 7.46. The molecule has 1 N–H and O–H groups in total. The van der Waals surface area contributed by atoms with E-state index in [0.29, 0.717) is 5.92 Å². The summed E-state index contributed by atoms with van der Waals surface area (Å²) < 4.78 is 5.42. The van der Waals surface area contributed by atoms with Gasteiger partial charge in [-0.3, -0.25) is 4.90 Å². The van der Waals surface area contributed by atoms with E-state index in [2.05, 4.69) is 32.6 Å². The van der Waals surface area contributed by atoms with Gasteiger partial charge in [0.25, 0.3) is 0 Å². The standard InChI is InChI=1S/C15H31NO2/c1-5-15(6-2,16(7-3)8-4)14(17)13-9-11-18-12-10-13/h13-14,17H,5-12H2,1-4H3. The molecule has 1 aliphatic heterocycles. The Balaban J connectivity index is 2.86. The van der Waals surface area contributed by atoms with Gasteiger partial charge in [-0.25, -0.2) is 0 Å². The summed E-state index contributed by atoms with van der Waals surface area (Å²) in [7, 11) is 0. The van der Waals surface area contributed by atoms with E-state index < -0.39 is 0 Å². The molecule has 1 atom stereocenters. The Labute approximate surface area is 113 Å². The molecule has 0 aromatic rings. The zero-order chi connectivity index (χ0) is 13.6. The van der Waals surface area contributed by atoms with Crippen molar-refractivity contribution in [3.05, 3.63) is 0 Å². The first-order valence-corrected chi connectivity index (χ1v) is 7.67. The fraction of sp³-hybridized carbons (Fsp3) is 1.00. The average Bonchev–Trinajstić information content (AvgIpc) is 2.45. The number of nitrogens with zero attached hydrogens (tertiary/aromatic N) is 1. The number of likely N-dealkylation sites (N-methyl/N-ethyl adjacent to an activating group) is 1. The number of aliphatic hydroxyl groups is 1. The summed E-state index contributed by atoms with van der Waals surface area (Å²) in [6, 6.07) is 0. The zero-order valence-electron chi connectivity index (χ0n) is 12.6. The molecule has 1 fully saturated rings. The highest BCUT2D eigenvalue weighted by atomic mass is 16.5. The summed E-state index contributed by atoms with van der Waals surface area (Å²) >= 11 is 0. The van der Waals surface area contributed by atoms with Gasteiger partial charge in [0, 0.05) is 18.8 Å². The van der Waals surface area contributed by atoms with Crippen molar-refractivity contribution in [1.29, 1.82) is 0 Å². The quantitative estimate of drug-likeness (QED) is 0.761. The van der Waals surface area contributed by atoms with Crippen molar-refractivity contribution in [2.45, 2.75) is 65.0 Å². The minimum atomic E-state index is -0.226. The van der Waals surface area contributed by atoms with Gasteiger partial charge < -0.3 is 9.84 Å². The Morgan fingerprint density at radius 1 is 1.11 bits per heavy atom. The summed E-state index contributed by atoms with van der Waals surface area (Å²) in [6.07, 6.45) is 3.82. The van der Waals surface area contributed by atoms with Crippen molar-refractivity contribution >= 4 is 0 Å². The van der Waals surface area contributed by atoms with Crippen LogP contribution in [-0.2, 0) is 4.74 Å². The molecule has 1 rings (SSSR count). The number of hydrogen-bond acceptors (Lipinski definition) is 3. The van der Waals surface area contributed by atoms with Crippen molar-refractivity contribution in [2.24, 2.45) is 5.92 Å². The van der Waals surface area contributed by atoms with E-state index >= 15 is 0 Å². The van der Waals surface area contributed by atoms with Gasteiger partial charge in [-0.15, -0.1) is 0 Å². The molecule has 0 bridgehead atoms. The second-order valence-electron chi connectivity index (χ2n) is 5.38. The highest BCUT2D eigenvalue weighted by Crippen LogP contribution is 2.35. The number of ether oxygens (including phenoxy) is 1. The third-order valence-electron chi connectivity index (χ3n) is 4.88. The molecule has 18 heavy (non-hydrogen) atoms. The van der Waals surface area contributed by atoms with E-state index in [1.165, 1.54) is 0 Å². The molecular formula is C15H31NO2. The van der Waals surface area contributed by atoms with E-state index in [4.69, 9.17) is 4.74 Å². The van der Waals surface area contributed by atoms with Crippen LogP contribution >= 0.6 is 0 Å². The monoisotopic (exact) mass is 257 g/mol. The van der Waals surface area contributed by atoms with Crippen LogP contribution in [0.1, 0.15) is 53.4 Å². The lowest BCUT2D eigenvalue weighted by Crippen LogP contribution is -2.58. The zero-order valence-corrected chi connectivity index (χ0v) is 12.6. The molecular weight excluding hydrogens is 226 g/mol. The fourth-order valence-electron chi connectivity index (χ4n) is 3.63. The lowest BCUT2D eigenvalue weighted by atomic mass is 9.76. The third kappa shape index (κ3) is 3.06. The number of hydrogen-bond donors (Lipinski definition) is 1. The van der Waals surface area contributed by atoms with E-state index in [0.717, 1.165) is 52.0 Å². The van der Waals surface area contributed by atoms with Crippen molar-refractivity contribution in [2.75, 3.05) is 26.3 Å².